The molecule has 0 saturated heterocycles. The molecule has 0 bridgehead atoms. The second-order valence-electron chi connectivity index (χ2n) is 3.90. The number of carboxylic acids is 1. The van der Waals surface area contributed by atoms with Gasteiger partial charge in [0.1, 0.15) is 11.5 Å². The van der Waals surface area contributed by atoms with Crippen LogP contribution in [0.15, 0.2) is 48.7 Å². The quantitative estimate of drug-likeness (QED) is 0.852. The van der Waals surface area contributed by atoms with E-state index in [0.29, 0.717) is 17.1 Å². The van der Waals surface area contributed by atoms with Crippen LogP contribution in [0.1, 0.15) is 11.3 Å². The molecule has 0 aliphatic carbocycles. The Morgan fingerprint density at radius 2 is 1.95 bits per heavy atom. The fourth-order valence-electron chi connectivity index (χ4n) is 1.57. The van der Waals surface area contributed by atoms with Gasteiger partial charge in [-0.05, 0) is 31.2 Å². The van der Waals surface area contributed by atoms with Gasteiger partial charge in [0.05, 0.1) is 5.69 Å². The summed E-state index contributed by atoms with van der Waals surface area (Å²) in [5.41, 5.74) is 1.48. The van der Waals surface area contributed by atoms with Crippen LogP contribution < -0.4 is 4.74 Å². The first-order valence-electron chi connectivity index (χ1n) is 5.76. The van der Waals surface area contributed by atoms with Gasteiger partial charge < -0.3 is 9.84 Å². The van der Waals surface area contributed by atoms with Crippen molar-refractivity contribution in [2.45, 2.75) is 6.92 Å². The molecule has 0 amide bonds. The van der Waals surface area contributed by atoms with Gasteiger partial charge in [-0.25, -0.2) is 4.79 Å². The van der Waals surface area contributed by atoms with E-state index in [2.05, 4.69) is 4.98 Å². The SMILES string of the molecule is Cc1ncccc1Oc1ccccc1/C=C/C(=O)O. The Bertz CT molecular complexity index is 620. The van der Waals surface area contributed by atoms with Crippen molar-refractivity contribution in [1.82, 2.24) is 4.98 Å². The summed E-state index contributed by atoms with van der Waals surface area (Å²) in [6.45, 7) is 1.85. The van der Waals surface area contributed by atoms with E-state index in [-0.39, 0.29) is 0 Å². The number of carbonyl (C=O) groups is 1. The third-order valence-corrected chi connectivity index (χ3v) is 2.50. The predicted molar refractivity (Wildman–Crippen MR) is 72.2 cm³/mol. The molecule has 4 nitrogen and oxygen atoms in total. The zero-order valence-corrected chi connectivity index (χ0v) is 10.4. The summed E-state index contributed by atoms with van der Waals surface area (Å²) in [6, 6.07) is 10.8. The molecule has 0 saturated carbocycles. The van der Waals surface area contributed by atoms with Crippen molar-refractivity contribution in [3.8, 4) is 11.5 Å². The van der Waals surface area contributed by atoms with E-state index in [1.807, 2.05) is 25.1 Å². The lowest BCUT2D eigenvalue weighted by atomic mass is 10.2. The molecule has 0 aliphatic rings. The minimum Gasteiger partial charge on any atom is -0.478 e. The smallest absolute Gasteiger partial charge is 0.328 e. The first-order chi connectivity index (χ1) is 9.16. The van der Waals surface area contributed by atoms with Crippen molar-refractivity contribution >= 4 is 12.0 Å². The highest BCUT2D eigenvalue weighted by molar-refractivity contribution is 5.85. The van der Waals surface area contributed by atoms with Crippen LogP contribution in [-0.2, 0) is 4.79 Å². The number of aryl methyl sites for hydroxylation is 1. The van der Waals surface area contributed by atoms with Crippen LogP contribution in [-0.4, -0.2) is 16.1 Å². The molecule has 4 heteroatoms. The van der Waals surface area contributed by atoms with Gasteiger partial charge in [0.15, 0.2) is 0 Å². The fourth-order valence-corrected chi connectivity index (χ4v) is 1.57. The lowest BCUT2D eigenvalue weighted by Crippen LogP contribution is -1.92. The Kier molecular flexibility index (Phi) is 3.93. The highest BCUT2D eigenvalue weighted by atomic mass is 16.5. The minimum atomic E-state index is -0.993. The van der Waals surface area contributed by atoms with Crippen molar-refractivity contribution in [1.29, 1.82) is 0 Å². The van der Waals surface area contributed by atoms with Crippen LogP contribution >= 0.6 is 0 Å². The molecule has 2 aromatic rings. The van der Waals surface area contributed by atoms with E-state index in [1.165, 1.54) is 6.08 Å². The Morgan fingerprint density at radius 1 is 1.21 bits per heavy atom. The van der Waals surface area contributed by atoms with E-state index >= 15 is 0 Å². The maximum atomic E-state index is 10.6. The zero-order chi connectivity index (χ0) is 13.7. The Labute approximate surface area is 111 Å². The maximum Gasteiger partial charge on any atom is 0.328 e. The van der Waals surface area contributed by atoms with Gasteiger partial charge in [-0.1, -0.05) is 18.2 Å². The first-order valence-corrected chi connectivity index (χ1v) is 5.76. The Hall–Kier alpha value is -2.62. The third kappa shape index (κ3) is 3.42. The standard InChI is InChI=1S/C15H13NO3/c1-11-13(7-4-10-16-11)19-14-6-3-2-5-12(14)8-9-15(17)18/h2-10H,1H3,(H,17,18)/b9-8+. The number of pyridine rings is 1. The van der Waals surface area contributed by atoms with E-state index in [4.69, 9.17) is 9.84 Å². The number of nitrogens with zero attached hydrogens (tertiary/aromatic N) is 1. The van der Waals surface area contributed by atoms with Crippen LogP contribution in [0.4, 0.5) is 0 Å². The molecule has 1 N–H and O–H groups in total. The van der Waals surface area contributed by atoms with Gasteiger partial charge in [0, 0.05) is 17.8 Å². The Morgan fingerprint density at radius 3 is 2.68 bits per heavy atom. The number of hydrogen-bond donors (Lipinski definition) is 1. The number of aliphatic carboxylic acids is 1. The molecule has 0 unspecified atom stereocenters. The molecule has 1 aromatic heterocycles. The van der Waals surface area contributed by atoms with Crippen LogP contribution in [0.2, 0.25) is 0 Å². The molecular formula is C15H13NO3. The van der Waals surface area contributed by atoms with Gasteiger partial charge in [-0.3, -0.25) is 4.98 Å². The molecule has 0 aliphatic heterocycles. The van der Waals surface area contributed by atoms with Gasteiger partial charge in [0.25, 0.3) is 0 Å². The normalized spacial score (nSPS) is 10.6. The van der Waals surface area contributed by atoms with Crippen LogP contribution in [0.5, 0.6) is 11.5 Å². The molecule has 19 heavy (non-hydrogen) atoms. The maximum absolute atomic E-state index is 10.6. The van der Waals surface area contributed by atoms with Crippen molar-refractivity contribution in [3.63, 3.8) is 0 Å². The topological polar surface area (TPSA) is 59.4 Å². The Balaban J connectivity index is 2.30. The van der Waals surface area contributed by atoms with Crippen molar-refractivity contribution in [2.24, 2.45) is 0 Å². The van der Waals surface area contributed by atoms with E-state index in [9.17, 15) is 4.79 Å². The van der Waals surface area contributed by atoms with Crippen molar-refractivity contribution in [3.05, 3.63) is 59.9 Å². The molecule has 96 valence electrons. The predicted octanol–water partition coefficient (Wildman–Crippen LogP) is 3.28. The number of benzene rings is 1. The van der Waals surface area contributed by atoms with Gasteiger partial charge in [-0.2, -0.15) is 0 Å². The van der Waals surface area contributed by atoms with Crippen LogP contribution in [0.3, 0.4) is 0 Å². The van der Waals surface area contributed by atoms with Crippen molar-refractivity contribution < 1.29 is 14.6 Å². The van der Waals surface area contributed by atoms with Crippen molar-refractivity contribution in [2.75, 3.05) is 0 Å². The highest BCUT2D eigenvalue weighted by Gasteiger charge is 2.04. The van der Waals surface area contributed by atoms with Crippen LogP contribution in [0.25, 0.3) is 6.08 Å². The molecule has 0 fully saturated rings. The number of rotatable bonds is 4. The summed E-state index contributed by atoms with van der Waals surface area (Å²) in [6.07, 6.45) is 4.28. The molecule has 0 spiro atoms. The van der Waals surface area contributed by atoms with E-state index in [0.717, 1.165) is 11.8 Å². The second-order valence-corrected chi connectivity index (χ2v) is 3.90. The number of carboxylic acid groups (broad SMARTS) is 1. The van der Waals surface area contributed by atoms with Gasteiger partial charge in [0.2, 0.25) is 0 Å². The van der Waals surface area contributed by atoms with E-state index in [1.54, 1.807) is 24.4 Å². The number of hydrogen-bond acceptors (Lipinski definition) is 3. The average Bonchev–Trinajstić information content (AvgIpc) is 2.40. The van der Waals surface area contributed by atoms with Gasteiger partial charge in [-0.15, -0.1) is 0 Å². The average molecular weight is 255 g/mol. The first kappa shape index (κ1) is 12.8. The summed E-state index contributed by atoms with van der Waals surface area (Å²) >= 11 is 0. The number of para-hydroxylation sites is 1. The highest BCUT2D eigenvalue weighted by Crippen LogP contribution is 2.27. The molecule has 0 radical (unpaired) electrons. The van der Waals surface area contributed by atoms with Gasteiger partial charge >= 0.3 is 5.97 Å². The monoisotopic (exact) mass is 255 g/mol. The molecule has 0 atom stereocenters. The summed E-state index contributed by atoms with van der Waals surface area (Å²) < 4.78 is 5.77. The molecule has 1 heterocycles. The lowest BCUT2D eigenvalue weighted by molar-refractivity contribution is -0.131. The largest absolute Gasteiger partial charge is 0.478 e. The zero-order valence-electron chi connectivity index (χ0n) is 10.4. The molecular weight excluding hydrogens is 242 g/mol. The summed E-state index contributed by atoms with van der Waals surface area (Å²) in [5, 5.41) is 8.66. The van der Waals surface area contributed by atoms with E-state index < -0.39 is 5.97 Å². The fraction of sp³-hybridized carbons (Fsp3) is 0.0667. The minimum absolute atomic E-state index is 0.594. The van der Waals surface area contributed by atoms with Crippen LogP contribution in [0, 0.1) is 6.92 Å². The number of ether oxygens (including phenoxy) is 1. The number of aromatic nitrogens is 1. The molecule has 2 rings (SSSR count). The summed E-state index contributed by atoms with van der Waals surface area (Å²) in [4.78, 5) is 14.7. The third-order valence-electron chi connectivity index (χ3n) is 2.50. The summed E-state index contributed by atoms with van der Waals surface area (Å²) in [7, 11) is 0. The lowest BCUT2D eigenvalue weighted by Gasteiger charge is -2.10. The summed E-state index contributed by atoms with van der Waals surface area (Å²) in [5.74, 6) is 0.252. The second kappa shape index (κ2) is 5.82. The molecule has 1 aromatic carbocycles.